The van der Waals surface area contributed by atoms with Gasteiger partial charge in [0.1, 0.15) is 5.82 Å². The Morgan fingerprint density at radius 1 is 1.12 bits per heavy atom. The summed E-state index contributed by atoms with van der Waals surface area (Å²) in [6.45, 7) is 1.49. The van der Waals surface area contributed by atoms with E-state index in [0.29, 0.717) is 43.7 Å². The van der Waals surface area contributed by atoms with Crippen LogP contribution in [0.4, 0.5) is 23.2 Å². The Balaban J connectivity index is 1.43. The average Bonchev–Trinajstić information content (AvgIpc) is 3.28. The lowest BCUT2D eigenvalue weighted by Gasteiger charge is -2.30. The summed E-state index contributed by atoms with van der Waals surface area (Å²) in [5.74, 6) is -0.866. The molecule has 32 heavy (non-hydrogen) atoms. The van der Waals surface area contributed by atoms with E-state index in [-0.39, 0.29) is 29.5 Å². The van der Waals surface area contributed by atoms with Gasteiger partial charge in [0.25, 0.3) is 0 Å². The first-order valence-corrected chi connectivity index (χ1v) is 10.4. The predicted molar refractivity (Wildman–Crippen MR) is 112 cm³/mol. The van der Waals surface area contributed by atoms with Crippen LogP contribution in [0.5, 0.6) is 0 Å². The molecule has 0 saturated carbocycles. The molecule has 1 atom stereocenters. The number of rotatable bonds is 3. The first kappa shape index (κ1) is 21.9. The van der Waals surface area contributed by atoms with Crippen LogP contribution in [0.1, 0.15) is 29.5 Å². The molecule has 0 spiro atoms. The third-order valence-electron chi connectivity index (χ3n) is 6.05. The summed E-state index contributed by atoms with van der Waals surface area (Å²) in [7, 11) is 0. The lowest BCUT2D eigenvalue weighted by molar-refractivity contribution is -0.138. The van der Waals surface area contributed by atoms with Gasteiger partial charge in [0.2, 0.25) is 5.91 Å². The minimum atomic E-state index is -4.43. The van der Waals surface area contributed by atoms with Gasteiger partial charge >= 0.3 is 6.18 Å². The highest BCUT2D eigenvalue weighted by atomic mass is 19.4. The number of carbonyl (C=O) groups excluding carboxylic acids is 1. The van der Waals surface area contributed by atoms with Crippen LogP contribution in [-0.4, -0.2) is 37.0 Å². The molecule has 2 heterocycles. The van der Waals surface area contributed by atoms with Gasteiger partial charge in [-0.1, -0.05) is 24.3 Å². The van der Waals surface area contributed by atoms with Gasteiger partial charge in [-0.15, -0.1) is 0 Å². The summed E-state index contributed by atoms with van der Waals surface area (Å²) in [6.07, 6.45) is -1.82. The Morgan fingerprint density at radius 3 is 2.56 bits per heavy atom. The standard InChI is InChI=1S/C24H21F4N3O/c25-21-13-16(14-29)5-6-22(21)31-12-9-18(15-31)23(32)30-10-7-17(8-11-30)19-3-1-2-4-20(19)24(26,27)28/h1-7,13,18H,8-12,15H2. The first-order chi connectivity index (χ1) is 15.3. The number of benzene rings is 2. The Kier molecular flexibility index (Phi) is 5.92. The Bertz CT molecular complexity index is 1100. The minimum absolute atomic E-state index is 0.0686. The van der Waals surface area contributed by atoms with Crippen molar-refractivity contribution in [3.05, 3.63) is 71.0 Å². The molecule has 8 heteroatoms. The van der Waals surface area contributed by atoms with Gasteiger partial charge in [-0.25, -0.2) is 4.39 Å². The molecule has 4 nitrogen and oxygen atoms in total. The molecule has 2 aliphatic rings. The number of anilines is 1. The number of amides is 1. The summed E-state index contributed by atoms with van der Waals surface area (Å²) < 4.78 is 54.3. The maximum absolute atomic E-state index is 14.3. The Hall–Kier alpha value is -3.34. The van der Waals surface area contributed by atoms with Gasteiger partial charge in [0.05, 0.1) is 28.8 Å². The lowest BCUT2D eigenvalue weighted by atomic mass is 9.94. The average molecular weight is 443 g/mol. The number of carbonyl (C=O) groups is 1. The molecule has 1 saturated heterocycles. The highest BCUT2D eigenvalue weighted by molar-refractivity contribution is 5.82. The number of hydrogen-bond donors (Lipinski definition) is 0. The molecule has 166 valence electrons. The largest absolute Gasteiger partial charge is 0.416 e. The van der Waals surface area contributed by atoms with Crippen LogP contribution in [0.2, 0.25) is 0 Å². The van der Waals surface area contributed by atoms with Gasteiger partial charge in [-0.05, 0) is 48.2 Å². The van der Waals surface area contributed by atoms with Crippen LogP contribution in [0.25, 0.3) is 5.57 Å². The van der Waals surface area contributed by atoms with Crippen molar-refractivity contribution in [2.45, 2.75) is 19.0 Å². The van der Waals surface area contributed by atoms with Crippen LogP contribution >= 0.6 is 0 Å². The molecule has 0 N–H and O–H groups in total. The first-order valence-electron chi connectivity index (χ1n) is 10.4. The van der Waals surface area contributed by atoms with E-state index in [1.165, 1.54) is 18.2 Å². The zero-order chi connectivity index (χ0) is 22.9. The van der Waals surface area contributed by atoms with E-state index in [9.17, 15) is 22.4 Å². The van der Waals surface area contributed by atoms with Gasteiger partial charge in [-0.2, -0.15) is 18.4 Å². The maximum Gasteiger partial charge on any atom is 0.416 e. The SMILES string of the molecule is N#Cc1ccc(N2CCC(C(=O)N3CC=C(c4ccccc4C(F)(F)F)CC3)C2)c(F)c1. The van der Waals surface area contributed by atoms with Crippen molar-refractivity contribution in [2.24, 2.45) is 5.92 Å². The van der Waals surface area contributed by atoms with Crippen molar-refractivity contribution in [2.75, 3.05) is 31.1 Å². The number of nitriles is 1. The van der Waals surface area contributed by atoms with Gasteiger partial charge in [-0.3, -0.25) is 4.79 Å². The zero-order valence-electron chi connectivity index (χ0n) is 17.2. The molecule has 4 rings (SSSR count). The number of alkyl halides is 3. The van der Waals surface area contributed by atoms with Crippen LogP contribution < -0.4 is 4.90 Å². The summed E-state index contributed by atoms with van der Waals surface area (Å²) in [5.41, 5.74) is 0.692. The van der Waals surface area contributed by atoms with Gasteiger partial charge in [0.15, 0.2) is 0 Å². The van der Waals surface area contributed by atoms with E-state index in [1.807, 2.05) is 6.07 Å². The molecule has 0 bridgehead atoms. The molecule has 0 radical (unpaired) electrons. The molecule has 2 aromatic carbocycles. The van der Waals surface area contributed by atoms with Crippen molar-refractivity contribution in [1.29, 1.82) is 5.26 Å². The second-order valence-electron chi connectivity index (χ2n) is 8.02. The molecule has 0 aromatic heterocycles. The van der Waals surface area contributed by atoms with E-state index >= 15 is 0 Å². The lowest BCUT2D eigenvalue weighted by Crippen LogP contribution is -2.40. The number of hydrogen-bond acceptors (Lipinski definition) is 3. The quantitative estimate of drug-likeness (QED) is 0.637. The van der Waals surface area contributed by atoms with Crippen LogP contribution in [0.3, 0.4) is 0 Å². The number of nitrogens with zero attached hydrogens (tertiary/aromatic N) is 3. The fraction of sp³-hybridized carbons (Fsp3) is 0.333. The molecule has 1 unspecified atom stereocenters. The summed E-state index contributed by atoms with van der Waals surface area (Å²) >= 11 is 0. The normalized spacial score (nSPS) is 19.0. The van der Waals surface area contributed by atoms with Crippen LogP contribution in [0, 0.1) is 23.1 Å². The van der Waals surface area contributed by atoms with Crippen molar-refractivity contribution in [3.8, 4) is 6.07 Å². The van der Waals surface area contributed by atoms with Crippen molar-refractivity contribution in [1.82, 2.24) is 4.90 Å². The van der Waals surface area contributed by atoms with E-state index in [1.54, 1.807) is 34.1 Å². The molecule has 0 aliphatic carbocycles. The van der Waals surface area contributed by atoms with Crippen LogP contribution in [0.15, 0.2) is 48.5 Å². The highest BCUT2D eigenvalue weighted by Crippen LogP contribution is 2.37. The van der Waals surface area contributed by atoms with Gasteiger partial charge in [0, 0.05) is 26.2 Å². The van der Waals surface area contributed by atoms with Gasteiger partial charge < -0.3 is 9.80 Å². The molecular formula is C24H21F4N3O. The molecule has 1 fully saturated rings. The monoisotopic (exact) mass is 443 g/mol. The predicted octanol–water partition coefficient (Wildman–Crippen LogP) is 4.86. The van der Waals surface area contributed by atoms with Crippen molar-refractivity contribution in [3.63, 3.8) is 0 Å². The Morgan fingerprint density at radius 2 is 1.91 bits per heavy atom. The molecule has 2 aromatic rings. The van der Waals surface area contributed by atoms with Crippen molar-refractivity contribution < 1.29 is 22.4 Å². The van der Waals surface area contributed by atoms with Crippen LogP contribution in [-0.2, 0) is 11.0 Å². The minimum Gasteiger partial charge on any atom is -0.368 e. The Labute approximate surface area is 183 Å². The van der Waals surface area contributed by atoms with E-state index < -0.39 is 17.6 Å². The summed E-state index contributed by atoms with van der Waals surface area (Å²) in [4.78, 5) is 16.4. The van der Waals surface area contributed by atoms with E-state index in [0.717, 1.165) is 6.07 Å². The third-order valence-corrected chi connectivity index (χ3v) is 6.05. The molecule has 2 aliphatic heterocycles. The summed E-state index contributed by atoms with van der Waals surface area (Å²) in [5, 5.41) is 8.88. The molecular weight excluding hydrogens is 422 g/mol. The second kappa shape index (κ2) is 8.65. The second-order valence-corrected chi connectivity index (χ2v) is 8.02. The zero-order valence-corrected chi connectivity index (χ0v) is 17.2. The van der Waals surface area contributed by atoms with E-state index in [4.69, 9.17) is 5.26 Å². The highest BCUT2D eigenvalue weighted by Gasteiger charge is 2.36. The van der Waals surface area contributed by atoms with E-state index in [2.05, 4.69) is 0 Å². The third kappa shape index (κ3) is 4.33. The fourth-order valence-corrected chi connectivity index (χ4v) is 4.40. The maximum atomic E-state index is 14.3. The smallest absolute Gasteiger partial charge is 0.368 e. The topological polar surface area (TPSA) is 47.3 Å². The molecule has 1 amide bonds. The fourth-order valence-electron chi connectivity index (χ4n) is 4.40. The van der Waals surface area contributed by atoms with Crippen molar-refractivity contribution >= 4 is 17.2 Å². The summed E-state index contributed by atoms with van der Waals surface area (Å²) in [6, 6.07) is 11.7. The number of halogens is 4.